The van der Waals surface area contributed by atoms with Gasteiger partial charge in [-0.3, -0.25) is 4.79 Å². The zero-order valence-corrected chi connectivity index (χ0v) is 12.3. The van der Waals surface area contributed by atoms with Crippen molar-refractivity contribution >= 4 is 21.7 Å². The third-order valence-corrected chi connectivity index (χ3v) is 4.31. The highest BCUT2D eigenvalue weighted by molar-refractivity contribution is 6.05. The first-order chi connectivity index (χ1) is 10.6. The van der Waals surface area contributed by atoms with Crippen molar-refractivity contribution in [3.63, 3.8) is 0 Å². The molecule has 0 spiro atoms. The normalized spacial score (nSPS) is 16.7. The minimum Gasteiger partial charge on any atom is -0.486 e. The molecular formula is C18H14O4. The van der Waals surface area contributed by atoms with Crippen molar-refractivity contribution in [2.24, 2.45) is 0 Å². The van der Waals surface area contributed by atoms with Crippen LogP contribution < -0.4 is 15.8 Å². The average molecular weight is 294 g/mol. The lowest BCUT2D eigenvalue weighted by atomic mass is 10.0. The van der Waals surface area contributed by atoms with Gasteiger partial charge >= 0.3 is 5.63 Å². The predicted octanol–water partition coefficient (Wildman–Crippen LogP) is 3.11. The molecule has 1 aromatic heterocycles. The Labute approximate surface area is 126 Å². The monoisotopic (exact) mass is 294 g/mol. The molecule has 0 bridgehead atoms. The van der Waals surface area contributed by atoms with Crippen molar-refractivity contribution in [1.82, 2.24) is 0 Å². The van der Waals surface area contributed by atoms with Gasteiger partial charge in [0.15, 0.2) is 5.43 Å². The van der Waals surface area contributed by atoms with Crippen molar-refractivity contribution in [1.29, 1.82) is 0 Å². The average Bonchev–Trinajstić information content (AvgIpc) is 2.84. The molecule has 1 aliphatic heterocycles. The van der Waals surface area contributed by atoms with Gasteiger partial charge in [-0.05, 0) is 23.9 Å². The molecule has 0 saturated heterocycles. The Balaban J connectivity index is 2.32. The lowest BCUT2D eigenvalue weighted by molar-refractivity contribution is 0.324. The molecule has 0 saturated carbocycles. The van der Waals surface area contributed by atoms with Gasteiger partial charge in [-0.15, -0.1) is 0 Å². The molecule has 2 aromatic carbocycles. The van der Waals surface area contributed by atoms with Crippen LogP contribution in [0.4, 0.5) is 0 Å². The highest BCUT2D eigenvalue weighted by Crippen LogP contribution is 2.30. The van der Waals surface area contributed by atoms with Gasteiger partial charge < -0.3 is 9.15 Å². The molecule has 0 fully saturated rings. The molecule has 0 amide bonds. The van der Waals surface area contributed by atoms with E-state index in [1.54, 1.807) is 6.07 Å². The summed E-state index contributed by atoms with van der Waals surface area (Å²) in [6, 6.07) is 9.38. The van der Waals surface area contributed by atoms with E-state index in [2.05, 4.69) is 0 Å². The van der Waals surface area contributed by atoms with Gasteiger partial charge in [0.1, 0.15) is 5.58 Å². The predicted molar refractivity (Wildman–Crippen MR) is 84.9 cm³/mol. The van der Waals surface area contributed by atoms with Crippen molar-refractivity contribution in [2.45, 2.75) is 19.8 Å². The van der Waals surface area contributed by atoms with E-state index in [4.69, 9.17) is 9.15 Å². The van der Waals surface area contributed by atoms with Crippen LogP contribution in [0.15, 0.2) is 44.3 Å². The Morgan fingerprint density at radius 2 is 1.82 bits per heavy atom. The topological polar surface area (TPSA) is 56.5 Å². The molecular weight excluding hydrogens is 280 g/mol. The smallest absolute Gasteiger partial charge is 0.379 e. The fraction of sp³-hybridized carbons (Fsp3) is 0.222. The summed E-state index contributed by atoms with van der Waals surface area (Å²) < 4.78 is 10.9. The van der Waals surface area contributed by atoms with Crippen molar-refractivity contribution in [3.8, 4) is 5.75 Å². The van der Waals surface area contributed by atoms with E-state index < -0.39 is 5.63 Å². The Morgan fingerprint density at radius 3 is 2.64 bits per heavy atom. The van der Waals surface area contributed by atoms with Crippen molar-refractivity contribution in [2.75, 3.05) is 6.61 Å². The van der Waals surface area contributed by atoms with Crippen LogP contribution in [0.1, 0.15) is 24.0 Å². The van der Waals surface area contributed by atoms with Crippen LogP contribution in [0.2, 0.25) is 0 Å². The van der Waals surface area contributed by atoms with Gasteiger partial charge in [0.05, 0.1) is 17.6 Å². The number of ether oxygens (including phenoxy) is 1. The maximum atomic E-state index is 12.8. The van der Waals surface area contributed by atoms with Gasteiger partial charge in [0.2, 0.25) is 5.75 Å². The molecule has 0 unspecified atom stereocenters. The van der Waals surface area contributed by atoms with Gasteiger partial charge in [0, 0.05) is 11.3 Å². The molecule has 1 atom stereocenters. The first-order valence-corrected chi connectivity index (χ1v) is 7.24. The maximum absolute atomic E-state index is 12.8. The Kier molecular flexibility index (Phi) is 2.64. The standard InChI is InChI=1S/C18H14O4/c1-9-4-3-5-12-11(9)6-7-13-15(19)14-10(2)8-21-17(14)18(20)22-16(12)13/h3-7,10H,8H2,1-2H3/t10-/m0/s1. The minimum atomic E-state index is -0.583. The first-order valence-electron chi connectivity index (χ1n) is 7.24. The zero-order valence-electron chi connectivity index (χ0n) is 12.3. The summed E-state index contributed by atoms with van der Waals surface area (Å²) in [5.74, 6) is -0.0382. The molecule has 2 heterocycles. The number of rotatable bonds is 0. The number of hydrogen-bond acceptors (Lipinski definition) is 4. The molecule has 22 heavy (non-hydrogen) atoms. The van der Waals surface area contributed by atoms with E-state index >= 15 is 0 Å². The molecule has 0 aliphatic carbocycles. The quantitative estimate of drug-likeness (QED) is 0.639. The molecule has 4 nitrogen and oxygen atoms in total. The third kappa shape index (κ3) is 1.64. The Hall–Kier alpha value is -2.62. The molecule has 1 aliphatic rings. The fourth-order valence-electron chi connectivity index (χ4n) is 3.15. The van der Waals surface area contributed by atoms with Crippen LogP contribution in [-0.4, -0.2) is 6.61 Å². The lowest BCUT2D eigenvalue weighted by Gasteiger charge is -2.03. The summed E-state index contributed by atoms with van der Waals surface area (Å²) in [6.45, 7) is 4.20. The first kappa shape index (κ1) is 13.1. The van der Waals surface area contributed by atoms with Crippen molar-refractivity contribution in [3.05, 3.63) is 62.1 Å². The van der Waals surface area contributed by atoms with Gasteiger partial charge in [-0.1, -0.05) is 31.2 Å². The molecule has 4 heteroatoms. The second-order valence-corrected chi connectivity index (χ2v) is 5.79. The third-order valence-electron chi connectivity index (χ3n) is 4.31. The lowest BCUT2D eigenvalue weighted by Crippen LogP contribution is -2.08. The van der Waals surface area contributed by atoms with Crippen LogP contribution in [0, 0.1) is 6.92 Å². The number of hydrogen-bond donors (Lipinski definition) is 0. The maximum Gasteiger partial charge on any atom is 0.379 e. The highest BCUT2D eigenvalue weighted by Gasteiger charge is 2.28. The van der Waals surface area contributed by atoms with E-state index in [9.17, 15) is 9.59 Å². The second-order valence-electron chi connectivity index (χ2n) is 5.79. The Bertz CT molecular complexity index is 1050. The van der Waals surface area contributed by atoms with Crippen LogP contribution >= 0.6 is 0 Å². The van der Waals surface area contributed by atoms with E-state index in [0.717, 1.165) is 16.3 Å². The molecule has 4 rings (SSSR count). The van der Waals surface area contributed by atoms with Crippen LogP contribution in [0.3, 0.4) is 0 Å². The van der Waals surface area contributed by atoms with Gasteiger partial charge in [0.25, 0.3) is 0 Å². The van der Waals surface area contributed by atoms with Crippen LogP contribution in [0.5, 0.6) is 5.75 Å². The van der Waals surface area contributed by atoms with E-state index in [-0.39, 0.29) is 17.1 Å². The van der Waals surface area contributed by atoms with E-state index in [1.165, 1.54) is 0 Å². The Morgan fingerprint density at radius 1 is 1.05 bits per heavy atom. The molecule has 0 radical (unpaired) electrons. The van der Waals surface area contributed by atoms with E-state index in [1.807, 2.05) is 38.1 Å². The number of aryl methyl sites for hydroxylation is 1. The highest BCUT2D eigenvalue weighted by atomic mass is 16.5. The van der Waals surface area contributed by atoms with E-state index in [0.29, 0.717) is 23.1 Å². The summed E-state index contributed by atoms with van der Waals surface area (Å²) in [5, 5.41) is 2.17. The minimum absolute atomic E-state index is 0.0644. The SMILES string of the molecule is Cc1cccc2c1ccc1c(=O)c3c(c(=O)oc12)OC[C@@H]3C. The largest absolute Gasteiger partial charge is 0.486 e. The zero-order chi connectivity index (χ0) is 15.4. The summed E-state index contributed by atoms with van der Waals surface area (Å²) in [7, 11) is 0. The van der Waals surface area contributed by atoms with Gasteiger partial charge in [-0.2, -0.15) is 0 Å². The van der Waals surface area contributed by atoms with Gasteiger partial charge in [-0.25, -0.2) is 4.79 Å². The molecule has 0 N–H and O–H groups in total. The second kappa shape index (κ2) is 4.44. The fourth-order valence-corrected chi connectivity index (χ4v) is 3.15. The van der Waals surface area contributed by atoms with Crippen molar-refractivity contribution < 1.29 is 9.15 Å². The molecule has 3 aromatic rings. The number of benzene rings is 2. The summed E-state index contributed by atoms with van der Waals surface area (Å²) in [5.41, 5.74) is 1.07. The summed E-state index contributed by atoms with van der Waals surface area (Å²) >= 11 is 0. The van der Waals surface area contributed by atoms with Crippen LogP contribution in [0.25, 0.3) is 21.7 Å². The number of fused-ring (bicyclic) bond motifs is 4. The summed E-state index contributed by atoms with van der Waals surface area (Å²) in [4.78, 5) is 25.2. The summed E-state index contributed by atoms with van der Waals surface area (Å²) in [6.07, 6.45) is 0. The molecule has 110 valence electrons. The van der Waals surface area contributed by atoms with Crippen LogP contribution in [-0.2, 0) is 0 Å².